The summed E-state index contributed by atoms with van der Waals surface area (Å²) < 4.78 is 12.4. The number of carbonyl (C=O) groups is 2. The maximum absolute atomic E-state index is 15.4. The van der Waals surface area contributed by atoms with Gasteiger partial charge in [-0.1, -0.05) is 44.2 Å². The quantitative estimate of drug-likeness (QED) is 0.0756. The van der Waals surface area contributed by atoms with E-state index in [0.717, 1.165) is 33.4 Å². The van der Waals surface area contributed by atoms with Gasteiger partial charge in [-0.25, -0.2) is 0 Å². The summed E-state index contributed by atoms with van der Waals surface area (Å²) in [7, 11) is 2.58. The number of aliphatic hydroxyl groups excluding tert-OH is 1. The van der Waals surface area contributed by atoms with Crippen LogP contribution in [0.1, 0.15) is 74.8 Å². The van der Waals surface area contributed by atoms with Crippen LogP contribution in [0.5, 0.6) is 5.75 Å². The van der Waals surface area contributed by atoms with Gasteiger partial charge in [0.15, 0.2) is 13.9 Å². The monoisotopic (exact) mass is 869 g/mol. The van der Waals surface area contributed by atoms with Crippen molar-refractivity contribution in [2.45, 2.75) is 118 Å². The van der Waals surface area contributed by atoms with Gasteiger partial charge in [0.1, 0.15) is 17.3 Å². The molecule has 1 amide bonds. The van der Waals surface area contributed by atoms with E-state index in [1.165, 1.54) is 7.11 Å². The molecule has 3 fully saturated rings. The fourth-order valence-corrected chi connectivity index (χ4v) is 14.9. The number of aromatic nitrogens is 1. The average molecular weight is 870 g/mol. The molecule has 13 nitrogen and oxygen atoms in total. The van der Waals surface area contributed by atoms with Crippen molar-refractivity contribution in [3.8, 4) is 5.75 Å². The standard InChI is InChI=1S/C48H67N5O8Si/c1-8-44(57)26-30-27-47(43(56)61-5,38-32(16-21-52(28-30)29-44)31-14-10-11-15-35(31)50-38)34-24-33-36(25-37(34)60-4)51(3)40-46(33)18-22-53-20-12-17-45(9-2,39(46)53)41(54)48(40,58)42(55)49-19-13-23-62(6,7)59/h10-12,14-15,17,24-25,30,39-41,50,54,57-59H,8-9,13,16,18-23,26-29H2,1-7H3,(H,49,55)/t30-,39+,40?,41-,44+,45-,46-,47+,48+/m1/s1. The summed E-state index contributed by atoms with van der Waals surface area (Å²) in [5.41, 5.74) is -1.42. The molecule has 3 aromatic rings. The van der Waals surface area contributed by atoms with Crippen LogP contribution in [-0.4, -0.2) is 145 Å². The SMILES string of the molecule is CC[C@]1(O)C[C@H]2CN(CCc3c([nH]c4ccccc34)[C@@](C(=O)OC)(c3cc4c(cc3OC)N(C)C3[C@]45CCN4CC=C[C@@](CC)([C@@H](O)[C@]3(O)C(=O)NCCC[Si](C)(C)O)[C@H]45)C2)C1. The van der Waals surface area contributed by atoms with E-state index in [0.29, 0.717) is 95.0 Å². The summed E-state index contributed by atoms with van der Waals surface area (Å²) in [4.78, 5) is 51.3. The van der Waals surface area contributed by atoms with Crippen molar-refractivity contribution in [3.05, 3.63) is 70.9 Å². The molecule has 2 saturated heterocycles. The van der Waals surface area contributed by atoms with Crippen LogP contribution in [0.25, 0.3) is 10.9 Å². The molecule has 336 valence electrons. The number of para-hydroxylation sites is 1. The number of esters is 1. The molecule has 1 spiro atoms. The predicted molar refractivity (Wildman–Crippen MR) is 241 cm³/mol. The molecule has 2 aromatic carbocycles. The Morgan fingerprint density at radius 2 is 1.81 bits per heavy atom. The Morgan fingerprint density at radius 1 is 1.03 bits per heavy atom. The number of aliphatic hydroxyl groups is 3. The second-order valence-electron chi connectivity index (χ2n) is 20.3. The lowest BCUT2D eigenvalue weighted by atomic mass is 9.47. The number of aromatic amines is 1. The van der Waals surface area contributed by atoms with Gasteiger partial charge in [0.2, 0.25) is 0 Å². The number of H-pyrrole nitrogens is 1. The van der Waals surface area contributed by atoms with Gasteiger partial charge in [-0.2, -0.15) is 0 Å². The topological polar surface area (TPSA) is 171 Å². The van der Waals surface area contributed by atoms with Gasteiger partial charge in [0.25, 0.3) is 5.91 Å². The first-order valence-corrected chi connectivity index (χ1v) is 26.0. The van der Waals surface area contributed by atoms with Crippen LogP contribution < -0.4 is 15.0 Å². The first-order valence-electron chi connectivity index (χ1n) is 22.9. The molecule has 9 rings (SSSR count). The smallest absolute Gasteiger partial charge is 0.322 e. The van der Waals surface area contributed by atoms with Gasteiger partial charge in [0, 0.05) is 90.6 Å². The Bertz CT molecular complexity index is 2300. The van der Waals surface area contributed by atoms with Crippen LogP contribution in [0, 0.1) is 11.3 Å². The van der Waals surface area contributed by atoms with E-state index >= 15 is 4.79 Å². The highest BCUT2D eigenvalue weighted by Crippen LogP contribution is 2.67. The Hall–Kier alpha value is -3.76. The number of ether oxygens (including phenoxy) is 2. The molecule has 6 N–H and O–H groups in total. The highest BCUT2D eigenvalue weighted by molar-refractivity contribution is 6.69. The first-order chi connectivity index (χ1) is 29.5. The number of nitrogens with zero attached hydrogens (tertiary/aromatic N) is 3. The van der Waals surface area contributed by atoms with Crippen molar-refractivity contribution in [3.63, 3.8) is 0 Å². The third-order valence-electron chi connectivity index (χ3n) is 16.5. The largest absolute Gasteiger partial charge is 0.496 e. The van der Waals surface area contributed by atoms with Crippen LogP contribution in [0.4, 0.5) is 5.69 Å². The van der Waals surface area contributed by atoms with Crippen molar-refractivity contribution in [1.82, 2.24) is 20.1 Å². The minimum absolute atomic E-state index is 0.0902. The van der Waals surface area contributed by atoms with Crippen LogP contribution in [-0.2, 0) is 31.6 Å². The fourth-order valence-electron chi connectivity index (χ4n) is 13.9. The lowest BCUT2D eigenvalue weighted by Crippen LogP contribution is -2.81. The fraction of sp³-hybridized carbons (Fsp3) is 0.625. The Balaban J connectivity index is 1.29. The van der Waals surface area contributed by atoms with Crippen LogP contribution in [0.3, 0.4) is 0 Å². The molecule has 5 aliphatic heterocycles. The summed E-state index contributed by atoms with van der Waals surface area (Å²) in [5, 5.41) is 42.2. The summed E-state index contributed by atoms with van der Waals surface area (Å²) in [5.74, 6) is -0.670. The number of carbonyl (C=O) groups excluding carboxylic acids is 2. The number of nitrogens with one attached hydrogen (secondary N) is 2. The first kappa shape index (κ1) is 43.5. The van der Waals surface area contributed by atoms with Gasteiger partial charge in [-0.05, 0) is 99.8 Å². The van der Waals surface area contributed by atoms with Gasteiger partial charge in [-0.3, -0.25) is 19.4 Å². The van der Waals surface area contributed by atoms with Crippen molar-refractivity contribution < 1.29 is 39.2 Å². The molecule has 1 aromatic heterocycles. The molecule has 62 heavy (non-hydrogen) atoms. The molecule has 14 heteroatoms. The van der Waals surface area contributed by atoms with Gasteiger partial charge < -0.3 is 44.8 Å². The number of benzene rings is 2. The molecular formula is C48H67N5O8Si. The molecule has 2 unspecified atom stereocenters. The van der Waals surface area contributed by atoms with Crippen molar-refractivity contribution >= 4 is 36.8 Å². The minimum Gasteiger partial charge on any atom is -0.496 e. The zero-order chi connectivity index (χ0) is 44.2. The summed E-state index contributed by atoms with van der Waals surface area (Å²) in [6, 6.07) is 11.7. The molecule has 1 aliphatic carbocycles. The third kappa shape index (κ3) is 6.06. The normalized spacial score (nSPS) is 36.2. The Labute approximate surface area is 366 Å². The van der Waals surface area contributed by atoms with Gasteiger partial charge in [0.05, 0.1) is 25.9 Å². The van der Waals surface area contributed by atoms with E-state index in [9.17, 15) is 24.9 Å². The predicted octanol–water partition coefficient (Wildman–Crippen LogP) is 3.95. The zero-order valence-electron chi connectivity index (χ0n) is 37.6. The number of likely N-dealkylation sites (N-methyl/N-ethyl adjacent to an activating group) is 1. The second-order valence-corrected chi connectivity index (χ2v) is 24.4. The van der Waals surface area contributed by atoms with Crippen molar-refractivity contribution in [2.75, 3.05) is 65.4 Å². The minimum atomic E-state index is -2.38. The number of fused-ring (bicyclic) bond motifs is 6. The van der Waals surface area contributed by atoms with Gasteiger partial charge in [-0.15, -0.1) is 0 Å². The number of anilines is 1. The Kier molecular flexibility index (Phi) is 10.6. The number of rotatable bonds is 10. The van der Waals surface area contributed by atoms with E-state index < -0.39 is 59.8 Å². The molecule has 6 heterocycles. The summed E-state index contributed by atoms with van der Waals surface area (Å²) in [6.45, 7) is 11.4. The van der Waals surface area contributed by atoms with E-state index in [4.69, 9.17) is 9.47 Å². The number of hydrogen-bond acceptors (Lipinski definition) is 11. The van der Waals surface area contributed by atoms with Crippen molar-refractivity contribution in [1.29, 1.82) is 0 Å². The molecule has 0 radical (unpaired) electrons. The second kappa shape index (κ2) is 15.2. The number of hydrogen-bond donors (Lipinski definition) is 6. The molecule has 6 aliphatic rings. The molecule has 10 atom stereocenters. The Morgan fingerprint density at radius 3 is 2.52 bits per heavy atom. The molecule has 1 saturated carbocycles. The lowest BCUT2D eigenvalue weighted by Gasteiger charge is -2.63. The number of amides is 1. The van der Waals surface area contributed by atoms with Gasteiger partial charge >= 0.3 is 5.97 Å². The number of piperidine rings is 1. The summed E-state index contributed by atoms with van der Waals surface area (Å²) in [6.07, 6.45) is 6.41. The molecular weight excluding hydrogens is 803 g/mol. The highest BCUT2D eigenvalue weighted by atomic mass is 28.4. The van der Waals surface area contributed by atoms with Crippen molar-refractivity contribution in [2.24, 2.45) is 11.3 Å². The molecule has 2 bridgehead atoms. The average Bonchev–Trinajstić information content (AvgIpc) is 3.91. The maximum atomic E-state index is 15.4. The van der Waals surface area contributed by atoms with E-state index in [2.05, 4.69) is 44.4 Å². The van der Waals surface area contributed by atoms with Crippen LogP contribution in [0.2, 0.25) is 19.1 Å². The van der Waals surface area contributed by atoms with E-state index in [1.54, 1.807) is 7.11 Å². The third-order valence-corrected chi connectivity index (χ3v) is 18.0. The highest BCUT2D eigenvalue weighted by Gasteiger charge is 2.78. The zero-order valence-corrected chi connectivity index (χ0v) is 38.6. The van der Waals surface area contributed by atoms with Crippen LogP contribution in [0.15, 0.2) is 48.6 Å². The van der Waals surface area contributed by atoms with E-state index in [-0.39, 0.29) is 18.5 Å². The summed E-state index contributed by atoms with van der Waals surface area (Å²) >= 11 is 0. The maximum Gasteiger partial charge on any atom is 0.322 e. The van der Waals surface area contributed by atoms with E-state index in [1.807, 2.05) is 63.2 Å². The van der Waals surface area contributed by atoms with Crippen LogP contribution >= 0.6 is 0 Å². The lowest BCUT2D eigenvalue weighted by molar-refractivity contribution is -0.203. The number of methoxy groups -OCH3 is 2.